The summed E-state index contributed by atoms with van der Waals surface area (Å²) in [5.41, 5.74) is 2.51. The average Bonchev–Trinajstić information content (AvgIpc) is 2.68. The van der Waals surface area contributed by atoms with E-state index in [4.69, 9.17) is 4.74 Å². The molecule has 0 saturated carbocycles. The van der Waals surface area contributed by atoms with E-state index in [-0.39, 0.29) is 11.9 Å². The second-order valence-corrected chi connectivity index (χ2v) is 6.78. The molecule has 1 atom stereocenters. The predicted octanol–water partition coefficient (Wildman–Crippen LogP) is 0.429. The van der Waals surface area contributed by atoms with Gasteiger partial charge in [0.25, 0.3) is 0 Å². The third-order valence-electron chi connectivity index (χ3n) is 5.12. The maximum Gasteiger partial charge on any atom is 0.239 e. The van der Waals surface area contributed by atoms with E-state index in [1.807, 2.05) is 6.07 Å². The molecule has 138 valence electrons. The van der Waals surface area contributed by atoms with Gasteiger partial charge in [0, 0.05) is 45.8 Å². The van der Waals surface area contributed by atoms with Crippen molar-refractivity contribution in [3.05, 3.63) is 35.4 Å². The van der Waals surface area contributed by atoms with Crippen molar-refractivity contribution in [3.63, 3.8) is 0 Å². The molecule has 25 heavy (non-hydrogen) atoms. The minimum atomic E-state index is -0.233. The van der Waals surface area contributed by atoms with Gasteiger partial charge in [-0.3, -0.25) is 9.69 Å². The summed E-state index contributed by atoms with van der Waals surface area (Å²) in [7, 11) is 0. The fraction of sp³-hybridized carbons (Fsp3) is 0.632. The van der Waals surface area contributed by atoms with E-state index < -0.39 is 0 Å². The van der Waals surface area contributed by atoms with E-state index in [9.17, 15) is 4.79 Å². The first kappa shape index (κ1) is 18.3. The Morgan fingerprint density at radius 3 is 2.60 bits per heavy atom. The number of carbonyl (C=O) groups excluding carboxylic acids is 1. The SMILES string of the molecule is CCN1CCN(Cc2ccccc2CNC(=O)C2COCCN2)CC1. The summed E-state index contributed by atoms with van der Waals surface area (Å²) >= 11 is 0. The van der Waals surface area contributed by atoms with Crippen molar-refractivity contribution in [2.75, 3.05) is 52.5 Å². The zero-order valence-corrected chi connectivity index (χ0v) is 15.2. The molecule has 0 radical (unpaired) electrons. The van der Waals surface area contributed by atoms with E-state index >= 15 is 0 Å². The van der Waals surface area contributed by atoms with Gasteiger partial charge in [0.2, 0.25) is 5.91 Å². The lowest BCUT2D eigenvalue weighted by molar-refractivity contribution is -0.126. The van der Waals surface area contributed by atoms with Crippen LogP contribution in [0.1, 0.15) is 18.1 Å². The highest BCUT2D eigenvalue weighted by molar-refractivity contribution is 5.82. The molecule has 2 aliphatic rings. The normalized spacial score (nSPS) is 22.7. The van der Waals surface area contributed by atoms with Crippen LogP contribution in [0.4, 0.5) is 0 Å². The topological polar surface area (TPSA) is 56.8 Å². The third kappa shape index (κ3) is 5.25. The van der Waals surface area contributed by atoms with Gasteiger partial charge in [-0.05, 0) is 17.7 Å². The van der Waals surface area contributed by atoms with Crippen molar-refractivity contribution in [2.45, 2.75) is 26.1 Å². The van der Waals surface area contributed by atoms with Crippen LogP contribution < -0.4 is 10.6 Å². The fourth-order valence-electron chi connectivity index (χ4n) is 3.43. The first-order valence-corrected chi connectivity index (χ1v) is 9.36. The van der Waals surface area contributed by atoms with Crippen molar-refractivity contribution in [1.82, 2.24) is 20.4 Å². The number of rotatable bonds is 6. The number of carbonyl (C=O) groups is 1. The molecule has 3 rings (SSSR count). The van der Waals surface area contributed by atoms with Crippen molar-refractivity contribution in [2.24, 2.45) is 0 Å². The Kier molecular flexibility index (Phi) is 6.81. The summed E-state index contributed by atoms with van der Waals surface area (Å²) in [4.78, 5) is 17.3. The predicted molar refractivity (Wildman–Crippen MR) is 98.3 cm³/mol. The van der Waals surface area contributed by atoms with Gasteiger partial charge in [0.1, 0.15) is 6.04 Å². The number of morpholine rings is 1. The highest BCUT2D eigenvalue weighted by Crippen LogP contribution is 2.13. The Morgan fingerprint density at radius 1 is 1.20 bits per heavy atom. The van der Waals surface area contributed by atoms with Gasteiger partial charge in [-0.2, -0.15) is 0 Å². The lowest BCUT2D eigenvalue weighted by atomic mass is 10.1. The number of ether oxygens (including phenoxy) is 1. The Morgan fingerprint density at radius 2 is 1.92 bits per heavy atom. The second-order valence-electron chi connectivity index (χ2n) is 6.78. The van der Waals surface area contributed by atoms with E-state index in [0.717, 1.165) is 45.8 Å². The van der Waals surface area contributed by atoms with Gasteiger partial charge < -0.3 is 20.3 Å². The van der Waals surface area contributed by atoms with E-state index in [2.05, 4.69) is 45.6 Å². The smallest absolute Gasteiger partial charge is 0.239 e. The average molecular weight is 346 g/mol. The molecule has 2 aliphatic heterocycles. The Labute approximate surface area is 150 Å². The van der Waals surface area contributed by atoms with Crippen LogP contribution in [-0.2, 0) is 22.6 Å². The number of piperazine rings is 1. The van der Waals surface area contributed by atoms with Gasteiger partial charge >= 0.3 is 0 Å². The molecule has 2 N–H and O–H groups in total. The molecule has 2 saturated heterocycles. The summed E-state index contributed by atoms with van der Waals surface area (Å²) in [6.45, 7) is 11.2. The Balaban J connectivity index is 1.53. The molecule has 0 aliphatic carbocycles. The van der Waals surface area contributed by atoms with Crippen molar-refractivity contribution in [3.8, 4) is 0 Å². The lowest BCUT2D eigenvalue weighted by Gasteiger charge is -2.34. The molecule has 0 spiro atoms. The minimum absolute atomic E-state index is 0.0195. The highest BCUT2D eigenvalue weighted by Gasteiger charge is 2.21. The van der Waals surface area contributed by atoms with Crippen LogP contribution in [0.2, 0.25) is 0 Å². The highest BCUT2D eigenvalue weighted by atomic mass is 16.5. The van der Waals surface area contributed by atoms with Crippen LogP contribution in [0.3, 0.4) is 0 Å². The van der Waals surface area contributed by atoms with Gasteiger partial charge in [0.05, 0.1) is 13.2 Å². The molecule has 0 aromatic heterocycles. The van der Waals surface area contributed by atoms with Crippen LogP contribution >= 0.6 is 0 Å². The van der Waals surface area contributed by atoms with E-state index in [1.54, 1.807) is 0 Å². The number of nitrogens with zero attached hydrogens (tertiary/aromatic N) is 2. The first-order chi connectivity index (χ1) is 12.3. The molecule has 0 bridgehead atoms. The van der Waals surface area contributed by atoms with Crippen molar-refractivity contribution < 1.29 is 9.53 Å². The standard InChI is InChI=1S/C19H30N4O2/c1-2-22-8-10-23(11-9-22)14-17-6-4-3-5-16(17)13-21-19(24)18-15-25-12-7-20-18/h3-6,18,20H,2,7-15H2,1H3,(H,21,24). The summed E-state index contributed by atoms with van der Waals surface area (Å²) in [5, 5.41) is 6.25. The zero-order chi connectivity index (χ0) is 17.5. The lowest BCUT2D eigenvalue weighted by Crippen LogP contribution is -2.51. The second kappa shape index (κ2) is 9.29. The molecule has 1 aromatic rings. The van der Waals surface area contributed by atoms with Crippen LogP contribution in [0.5, 0.6) is 0 Å². The molecule has 2 fully saturated rings. The van der Waals surface area contributed by atoms with Crippen LogP contribution in [0.15, 0.2) is 24.3 Å². The molecular formula is C19H30N4O2. The zero-order valence-electron chi connectivity index (χ0n) is 15.2. The fourth-order valence-corrected chi connectivity index (χ4v) is 3.43. The summed E-state index contributed by atoms with van der Waals surface area (Å²) in [6.07, 6.45) is 0. The Hall–Kier alpha value is -1.47. The number of nitrogens with one attached hydrogen (secondary N) is 2. The molecule has 6 heteroatoms. The summed E-state index contributed by atoms with van der Waals surface area (Å²) in [6, 6.07) is 8.18. The molecule has 1 unspecified atom stereocenters. The molecular weight excluding hydrogens is 316 g/mol. The summed E-state index contributed by atoms with van der Waals surface area (Å²) in [5.74, 6) is 0.0195. The maximum absolute atomic E-state index is 12.3. The molecule has 2 heterocycles. The van der Waals surface area contributed by atoms with Crippen LogP contribution in [-0.4, -0.2) is 74.2 Å². The van der Waals surface area contributed by atoms with Crippen molar-refractivity contribution >= 4 is 5.91 Å². The molecule has 1 aromatic carbocycles. The largest absolute Gasteiger partial charge is 0.378 e. The van der Waals surface area contributed by atoms with Crippen LogP contribution in [0.25, 0.3) is 0 Å². The maximum atomic E-state index is 12.3. The number of hydrogen-bond acceptors (Lipinski definition) is 5. The number of benzene rings is 1. The Bertz CT molecular complexity index is 552. The van der Waals surface area contributed by atoms with E-state index in [0.29, 0.717) is 19.8 Å². The minimum Gasteiger partial charge on any atom is -0.378 e. The van der Waals surface area contributed by atoms with E-state index in [1.165, 1.54) is 11.1 Å². The van der Waals surface area contributed by atoms with Crippen LogP contribution in [0, 0.1) is 0 Å². The number of hydrogen-bond donors (Lipinski definition) is 2. The monoisotopic (exact) mass is 346 g/mol. The first-order valence-electron chi connectivity index (χ1n) is 9.36. The molecule has 1 amide bonds. The quantitative estimate of drug-likeness (QED) is 0.782. The van der Waals surface area contributed by atoms with Gasteiger partial charge in [-0.25, -0.2) is 0 Å². The summed E-state index contributed by atoms with van der Waals surface area (Å²) < 4.78 is 5.36. The van der Waals surface area contributed by atoms with Gasteiger partial charge in [0.15, 0.2) is 0 Å². The molecule has 6 nitrogen and oxygen atoms in total. The van der Waals surface area contributed by atoms with Gasteiger partial charge in [-0.15, -0.1) is 0 Å². The van der Waals surface area contributed by atoms with Crippen molar-refractivity contribution in [1.29, 1.82) is 0 Å². The third-order valence-corrected chi connectivity index (χ3v) is 5.12. The van der Waals surface area contributed by atoms with Gasteiger partial charge in [-0.1, -0.05) is 31.2 Å². The number of likely N-dealkylation sites (N-methyl/N-ethyl adjacent to an activating group) is 1. The number of amides is 1.